The number of hydrogen-bond acceptors (Lipinski definition) is 5. The molecule has 6 heteroatoms. The highest BCUT2D eigenvalue weighted by Crippen LogP contribution is 2.39. The fraction of sp³-hybridized carbons (Fsp3) is 0.238. The molecule has 0 radical (unpaired) electrons. The largest absolute Gasteiger partial charge is 0.507 e. The first-order chi connectivity index (χ1) is 12.9. The fourth-order valence-electron chi connectivity index (χ4n) is 3.24. The Bertz CT molecular complexity index is 871. The molecule has 140 valence electrons. The van der Waals surface area contributed by atoms with Crippen molar-refractivity contribution in [2.75, 3.05) is 13.7 Å². The molecule has 1 fully saturated rings. The maximum atomic E-state index is 12.7. The quantitative estimate of drug-likeness (QED) is 0.482. The van der Waals surface area contributed by atoms with Gasteiger partial charge in [-0.2, -0.15) is 0 Å². The number of ketones is 1. The molecule has 0 spiro atoms. The Hall–Kier alpha value is -3.12. The van der Waals surface area contributed by atoms with Crippen molar-refractivity contribution in [2.24, 2.45) is 0 Å². The molecule has 0 aliphatic carbocycles. The second-order valence-corrected chi connectivity index (χ2v) is 6.44. The minimum Gasteiger partial charge on any atom is -0.507 e. The SMILES string of the molecule is COc1ccc(C2/C(=C(/O)c3ccccc3)C(=O)C(=O)N2CC(C)O)cc1. The molecule has 0 aromatic heterocycles. The van der Waals surface area contributed by atoms with Gasteiger partial charge >= 0.3 is 0 Å². The Morgan fingerprint density at radius 3 is 2.30 bits per heavy atom. The zero-order valence-corrected chi connectivity index (χ0v) is 15.1. The second kappa shape index (κ2) is 7.63. The summed E-state index contributed by atoms with van der Waals surface area (Å²) in [5.41, 5.74) is 1.11. The Balaban J connectivity index is 2.16. The topological polar surface area (TPSA) is 87.1 Å². The number of aliphatic hydroxyl groups is 2. The summed E-state index contributed by atoms with van der Waals surface area (Å²) in [6.07, 6.45) is -0.819. The summed E-state index contributed by atoms with van der Waals surface area (Å²) in [5, 5.41) is 20.6. The maximum absolute atomic E-state index is 12.7. The van der Waals surface area contributed by atoms with Crippen LogP contribution in [0.4, 0.5) is 0 Å². The molecule has 1 aliphatic rings. The molecule has 0 bridgehead atoms. The predicted octanol–water partition coefficient (Wildman–Crippen LogP) is 2.50. The van der Waals surface area contributed by atoms with Crippen molar-refractivity contribution >= 4 is 17.4 Å². The zero-order chi connectivity index (χ0) is 19.6. The molecule has 1 saturated heterocycles. The number of nitrogens with zero attached hydrogens (tertiary/aromatic N) is 1. The van der Waals surface area contributed by atoms with E-state index >= 15 is 0 Å². The van der Waals surface area contributed by atoms with Crippen molar-refractivity contribution in [1.29, 1.82) is 0 Å². The van der Waals surface area contributed by atoms with Crippen LogP contribution < -0.4 is 4.74 Å². The summed E-state index contributed by atoms with van der Waals surface area (Å²) in [5.74, 6) is -1.11. The van der Waals surface area contributed by atoms with Gasteiger partial charge in [0.25, 0.3) is 11.7 Å². The highest BCUT2D eigenvalue weighted by Gasteiger charge is 2.46. The molecule has 2 aromatic carbocycles. The van der Waals surface area contributed by atoms with Gasteiger partial charge in [0.05, 0.1) is 24.8 Å². The number of carbonyl (C=O) groups is 2. The average molecular weight is 367 g/mol. The number of β-amino-alcohol motifs (C(OH)–C–C–N with tert-alkyl or cyclic N) is 1. The molecular formula is C21H21NO5. The van der Waals surface area contributed by atoms with Gasteiger partial charge < -0.3 is 19.8 Å². The number of carbonyl (C=O) groups excluding carboxylic acids is 2. The van der Waals surface area contributed by atoms with Gasteiger partial charge in [0.1, 0.15) is 11.5 Å². The summed E-state index contributed by atoms with van der Waals surface area (Å²) in [4.78, 5) is 26.6. The van der Waals surface area contributed by atoms with Crippen LogP contribution in [0.5, 0.6) is 5.75 Å². The van der Waals surface area contributed by atoms with Crippen LogP contribution >= 0.6 is 0 Å². The standard InChI is InChI=1S/C21H21NO5/c1-13(23)12-22-18(14-8-10-16(27-2)11-9-14)17(20(25)21(22)26)19(24)15-6-4-3-5-7-15/h3-11,13,18,23-24H,12H2,1-2H3/b19-17-. The van der Waals surface area contributed by atoms with E-state index in [9.17, 15) is 19.8 Å². The summed E-state index contributed by atoms with van der Waals surface area (Å²) in [6.45, 7) is 1.52. The van der Waals surface area contributed by atoms with Crippen LogP contribution in [0.2, 0.25) is 0 Å². The molecule has 1 amide bonds. The van der Waals surface area contributed by atoms with E-state index in [4.69, 9.17) is 4.74 Å². The first-order valence-electron chi connectivity index (χ1n) is 8.60. The third kappa shape index (κ3) is 3.57. The molecule has 1 aliphatic heterocycles. The van der Waals surface area contributed by atoms with Crippen LogP contribution in [0.1, 0.15) is 24.1 Å². The van der Waals surface area contributed by atoms with E-state index in [1.165, 1.54) is 4.90 Å². The van der Waals surface area contributed by atoms with Crippen molar-refractivity contribution in [3.05, 3.63) is 71.3 Å². The number of ether oxygens (including phenoxy) is 1. The third-order valence-corrected chi connectivity index (χ3v) is 4.48. The van der Waals surface area contributed by atoms with Gasteiger partial charge in [-0.3, -0.25) is 9.59 Å². The zero-order valence-electron chi connectivity index (χ0n) is 15.1. The van der Waals surface area contributed by atoms with E-state index < -0.39 is 23.8 Å². The molecule has 3 rings (SSSR count). The predicted molar refractivity (Wildman–Crippen MR) is 100 cm³/mol. The fourth-order valence-corrected chi connectivity index (χ4v) is 3.24. The minimum absolute atomic E-state index is 0.0111. The normalized spacial score (nSPS) is 20.0. The number of rotatable bonds is 5. The Morgan fingerprint density at radius 1 is 1.11 bits per heavy atom. The van der Waals surface area contributed by atoms with E-state index in [2.05, 4.69) is 0 Å². The highest BCUT2D eigenvalue weighted by atomic mass is 16.5. The summed E-state index contributed by atoms with van der Waals surface area (Å²) >= 11 is 0. The van der Waals surface area contributed by atoms with Crippen LogP contribution in [-0.2, 0) is 9.59 Å². The third-order valence-electron chi connectivity index (χ3n) is 4.48. The van der Waals surface area contributed by atoms with Crippen molar-refractivity contribution in [3.8, 4) is 5.75 Å². The summed E-state index contributed by atoms with van der Waals surface area (Å²) in [6, 6.07) is 14.7. The molecule has 6 nitrogen and oxygen atoms in total. The van der Waals surface area contributed by atoms with E-state index in [1.54, 1.807) is 68.6 Å². The molecule has 2 atom stereocenters. The van der Waals surface area contributed by atoms with Crippen LogP contribution in [0.15, 0.2) is 60.2 Å². The Kier molecular flexibility index (Phi) is 5.28. The maximum Gasteiger partial charge on any atom is 0.295 e. The van der Waals surface area contributed by atoms with Crippen LogP contribution in [0.25, 0.3) is 5.76 Å². The number of amides is 1. The van der Waals surface area contributed by atoms with Gasteiger partial charge in [0.2, 0.25) is 0 Å². The van der Waals surface area contributed by atoms with Crippen molar-refractivity contribution < 1.29 is 24.5 Å². The smallest absolute Gasteiger partial charge is 0.295 e. The van der Waals surface area contributed by atoms with E-state index in [0.717, 1.165) is 0 Å². The molecule has 0 saturated carbocycles. The number of benzene rings is 2. The molecule has 2 aromatic rings. The van der Waals surface area contributed by atoms with E-state index in [1.807, 2.05) is 0 Å². The lowest BCUT2D eigenvalue weighted by Gasteiger charge is -2.26. The number of aliphatic hydroxyl groups excluding tert-OH is 2. The lowest BCUT2D eigenvalue weighted by atomic mass is 9.95. The van der Waals surface area contributed by atoms with Gasteiger partial charge in [0, 0.05) is 12.1 Å². The Labute approximate surface area is 157 Å². The van der Waals surface area contributed by atoms with Crippen molar-refractivity contribution in [3.63, 3.8) is 0 Å². The summed E-state index contributed by atoms with van der Waals surface area (Å²) in [7, 11) is 1.55. The van der Waals surface area contributed by atoms with Gasteiger partial charge in [0.15, 0.2) is 0 Å². The molecule has 27 heavy (non-hydrogen) atoms. The monoisotopic (exact) mass is 367 g/mol. The molecule has 2 unspecified atom stereocenters. The number of likely N-dealkylation sites (tertiary alicyclic amines) is 1. The molecule has 2 N–H and O–H groups in total. The van der Waals surface area contributed by atoms with Gasteiger partial charge in [-0.25, -0.2) is 0 Å². The molecular weight excluding hydrogens is 346 g/mol. The first kappa shape index (κ1) is 18.7. The van der Waals surface area contributed by atoms with Crippen LogP contribution in [0, 0.1) is 0 Å². The van der Waals surface area contributed by atoms with Gasteiger partial charge in [-0.15, -0.1) is 0 Å². The number of methoxy groups -OCH3 is 1. The lowest BCUT2D eigenvalue weighted by Crippen LogP contribution is -2.35. The second-order valence-electron chi connectivity index (χ2n) is 6.44. The van der Waals surface area contributed by atoms with Crippen molar-refractivity contribution in [2.45, 2.75) is 19.1 Å². The number of hydrogen-bond donors (Lipinski definition) is 2. The van der Waals surface area contributed by atoms with E-state index in [0.29, 0.717) is 16.9 Å². The van der Waals surface area contributed by atoms with Crippen LogP contribution in [-0.4, -0.2) is 46.6 Å². The highest BCUT2D eigenvalue weighted by molar-refractivity contribution is 6.46. The number of Topliss-reactive ketones (excluding diaryl/α,β-unsaturated/α-hetero) is 1. The van der Waals surface area contributed by atoms with Crippen molar-refractivity contribution in [1.82, 2.24) is 4.90 Å². The first-order valence-corrected chi connectivity index (χ1v) is 8.60. The lowest BCUT2D eigenvalue weighted by molar-refractivity contribution is -0.140. The minimum atomic E-state index is -0.819. The molecule has 1 heterocycles. The Morgan fingerprint density at radius 2 is 1.74 bits per heavy atom. The van der Waals surface area contributed by atoms with Gasteiger partial charge in [-0.05, 0) is 24.6 Å². The van der Waals surface area contributed by atoms with Crippen LogP contribution in [0.3, 0.4) is 0 Å². The van der Waals surface area contributed by atoms with Gasteiger partial charge in [-0.1, -0.05) is 42.5 Å². The van der Waals surface area contributed by atoms with E-state index in [-0.39, 0.29) is 17.9 Å². The average Bonchev–Trinajstić information content (AvgIpc) is 2.92. The summed E-state index contributed by atoms with van der Waals surface area (Å²) < 4.78 is 5.16.